The van der Waals surface area contributed by atoms with Gasteiger partial charge in [0.2, 0.25) is 0 Å². The third-order valence-electron chi connectivity index (χ3n) is 2.65. The first-order chi connectivity index (χ1) is 9.31. The molecular weight excluding hydrogens is 418 g/mol. The van der Waals surface area contributed by atoms with E-state index in [0.29, 0.717) is 11.0 Å². The largest absolute Gasteiger partial charge is 0.390 e. The number of alkyl halides is 3. The topological polar surface area (TPSA) is 36.4 Å². The van der Waals surface area contributed by atoms with Gasteiger partial charge in [0.15, 0.2) is 5.96 Å². The Balaban J connectivity index is 0.00000400. The highest BCUT2D eigenvalue weighted by molar-refractivity contribution is 14.0. The third kappa shape index (κ3) is 8.35. The number of hydrogen-bond acceptors (Lipinski definition) is 1. The molecule has 3 nitrogen and oxygen atoms in total. The molecule has 0 amide bonds. The lowest BCUT2D eigenvalue weighted by Gasteiger charge is -2.18. The van der Waals surface area contributed by atoms with Crippen molar-refractivity contribution in [2.45, 2.75) is 25.6 Å². The highest BCUT2D eigenvalue weighted by Gasteiger charge is 2.26. The number of aliphatic imine (C=N–C) groups is 1. The van der Waals surface area contributed by atoms with Crippen LogP contribution in [0.15, 0.2) is 29.3 Å². The summed E-state index contributed by atoms with van der Waals surface area (Å²) in [7, 11) is 1.51. The van der Waals surface area contributed by atoms with Crippen LogP contribution in [-0.2, 0) is 0 Å². The smallest absolute Gasteiger partial charge is 0.356 e. The van der Waals surface area contributed by atoms with Gasteiger partial charge in [0.1, 0.15) is 0 Å². The van der Waals surface area contributed by atoms with Crippen molar-refractivity contribution in [3.8, 4) is 0 Å². The monoisotopic (exact) mass is 435 g/mol. The molecule has 21 heavy (non-hydrogen) atoms. The molecule has 0 aliphatic rings. The van der Waals surface area contributed by atoms with E-state index in [0.717, 1.165) is 5.56 Å². The number of hydrogen-bond donors (Lipinski definition) is 2. The summed E-state index contributed by atoms with van der Waals surface area (Å²) in [5.74, 6) is 0.330. The molecule has 1 aromatic carbocycles. The molecular formula is C13H18ClF3IN3. The van der Waals surface area contributed by atoms with Gasteiger partial charge in [0, 0.05) is 18.6 Å². The zero-order valence-electron chi connectivity index (χ0n) is 11.7. The van der Waals surface area contributed by atoms with Crippen LogP contribution in [0, 0.1) is 0 Å². The fraction of sp³-hybridized carbons (Fsp3) is 0.462. The van der Waals surface area contributed by atoms with E-state index in [-0.39, 0.29) is 36.6 Å². The van der Waals surface area contributed by atoms with Crippen molar-refractivity contribution < 1.29 is 13.2 Å². The summed E-state index contributed by atoms with van der Waals surface area (Å²) < 4.78 is 36.2. The molecule has 0 heterocycles. The highest BCUT2D eigenvalue weighted by atomic mass is 127. The summed E-state index contributed by atoms with van der Waals surface area (Å²) in [4.78, 5) is 3.89. The van der Waals surface area contributed by atoms with Gasteiger partial charge in [-0.2, -0.15) is 13.2 Å². The molecule has 0 aromatic heterocycles. The van der Waals surface area contributed by atoms with Crippen molar-refractivity contribution >= 4 is 41.5 Å². The quantitative estimate of drug-likeness (QED) is 0.424. The Kier molecular flexibility index (Phi) is 9.03. The minimum atomic E-state index is -4.17. The van der Waals surface area contributed by atoms with Gasteiger partial charge in [-0.05, 0) is 24.6 Å². The zero-order chi connectivity index (χ0) is 15.2. The number of rotatable bonds is 4. The molecule has 0 spiro atoms. The molecule has 0 bridgehead atoms. The maximum atomic E-state index is 12.1. The number of guanidine groups is 1. The van der Waals surface area contributed by atoms with E-state index in [9.17, 15) is 13.2 Å². The predicted molar refractivity (Wildman–Crippen MR) is 90.5 cm³/mol. The first-order valence-electron chi connectivity index (χ1n) is 6.11. The Labute approximate surface area is 144 Å². The second-order valence-corrected chi connectivity index (χ2v) is 4.72. The molecule has 1 atom stereocenters. The molecule has 2 N–H and O–H groups in total. The minimum absolute atomic E-state index is 0. The second kappa shape index (κ2) is 9.34. The first-order valence-corrected chi connectivity index (χ1v) is 6.49. The molecule has 120 valence electrons. The SMILES string of the molecule is CN=C(NCCC(F)(F)F)NC(C)c1ccc(Cl)cc1.I. The van der Waals surface area contributed by atoms with Gasteiger partial charge in [-0.3, -0.25) is 4.99 Å². The normalized spacial score (nSPS) is 13.3. The van der Waals surface area contributed by atoms with Crippen molar-refractivity contribution in [3.63, 3.8) is 0 Å². The van der Waals surface area contributed by atoms with Crippen LogP contribution in [0.1, 0.15) is 24.9 Å². The fourth-order valence-electron chi connectivity index (χ4n) is 1.56. The van der Waals surface area contributed by atoms with E-state index in [2.05, 4.69) is 15.6 Å². The number of halogens is 5. The highest BCUT2D eigenvalue weighted by Crippen LogP contribution is 2.18. The lowest BCUT2D eigenvalue weighted by molar-refractivity contribution is -0.132. The van der Waals surface area contributed by atoms with Gasteiger partial charge >= 0.3 is 6.18 Å². The van der Waals surface area contributed by atoms with Crippen LogP contribution in [0.4, 0.5) is 13.2 Å². The first kappa shape index (κ1) is 20.3. The van der Waals surface area contributed by atoms with Gasteiger partial charge in [0.25, 0.3) is 0 Å². The number of benzene rings is 1. The van der Waals surface area contributed by atoms with Crippen molar-refractivity contribution in [1.29, 1.82) is 0 Å². The average Bonchev–Trinajstić information content (AvgIpc) is 2.36. The Bertz CT molecular complexity index is 449. The number of nitrogens with one attached hydrogen (secondary N) is 2. The van der Waals surface area contributed by atoms with E-state index >= 15 is 0 Å². The fourth-order valence-corrected chi connectivity index (χ4v) is 1.68. The van der Waals surface area contributed by atoms with Crippen molar-refractivity contribution in [3.05, 3.63) is 34.9 Å². The van der Waals surface area contributed by atoms with Gasteiger partial charge < -0.3 is 10.6 Å². The summed E-state index contributed by atoms with van der Waals surface area (Å²) in [5.41, 5.74) is 0.966. The summed E-state index contributed by atoms with van der Waals surface area (Å²) in [5, 5.41) is 6.28. The van der Waals surface area contributed by atoms with Crippen molar-refractivity contribution in [2.24, 2.45) is 4.99 Å². The summed E-state index contributed by atoms with van der Waals surface area (Å²) in [6.07, 6.45) is -5.07. The summed E-state index contributed by atoms with van der Waals surface area (Å²) in [6, 6.07) is 7.12. The van der Waals surface area contributed by atoms with E-state index < -0.39 is 12.6 Å². The lowest BCUT2D eigenvalue weighted by atomic mass is 10.1. The molecule has 1 rings (SSSR count). The standard InChI is InChI=1S/C13H17ClF3N3.HI/c1-9(10-3-5-11(14)6-4-10)20-12(18-2)19-8-7-13(15,16)17;/h3-6,9H,7-8H2,1-2H3,(H2,18,19,20);1H. The maximum Gasteiger partial charge on any atom is 0.390 e. The van der Waals surface area contributed by atoms with E-state index in [1.807, 2.05) is 19.1 Å². The van der Waals surface area contributed by atoms with E-state index in [1.165, 1.54) is 7.05 Å². The minimum Gasteiger partial charge on any atom is -0.356 e. The zero-order valence-corrected chi connectivity index (χ0v) is 14.8. The van der Waals surface area contributed by atoms with Crippen molar-refractivity contribution in [2.75, 3.05) is 13.6 Å². The van der Waals surface area contributed by atoms with Gasteiger partial charge in [-0.25, -0.2) is 0 Å². The summed E-state index contributed by atoms with van der Waals surface area (Å²) >= 11 is 5.80. The summed E-state index contributed by atoms with van der Waals surface area (Å²) in [6.45, 7) is 1.68. The molecule has 0 saturated carbocycles. The predicted octanol–water partition coefficient (Wildman–Crippen LogP) is 4.14. The van der Waals surface area contributed by atoms with Gasteiger partial charge in [0.05, 0.1) is 12.5 Å². The van der Waals surface area contributed by atoms with E-state index in [1.54, 1.807) is 12.1 Å². The average molecular weight is 436 g/mol. The molecule has 1 aromatic rings. The van der Waals surface area contributed by atoms with Crippen LogP contribution in [0.5, 0.6) is 0 Å². The molecule has 8 heteroatoms. The maximum absolute atomic E-state index is 12.1. The van der Waals surface area contributed by atoms with Crippen LogP contribution < -0.4 is 10.6 Å². The van der Waals surface area contributed by atoms with Crippen LogP contribution in [0.2, 0.25) is 5.02 Å². The molecule has 0 aliphatic heterocycles. The second-order valence-electron chi connectivity index (χ2n) is 4.28. The van der Waals surface area contributed by atoms with E-state index in [4.69, 9.17) is 11.6 Å². The Morgan fingerprint density at radius 3 is 2.33 bits per heavy atom. The van der Waals surface area contributed by atoms with Crippen LogP contribution in [0.3, 0.4) is 0 Å². The van der Waals surface area contributed by atoms with Crippen LogP contribution >= 0.6 is 35.6 Å². The Morgan fingerprint density at radius 1 is 1.29 bits per heavy atom. The van der Waals surface area contributed by atoms with Crippen LogP contribution in [-0.4, -0.2) is 25.7 Å². The Hall–Kier alpha value is -0.700. The molecule has 0 saturated heterocycles. The van der Waals surface area contributed by atoms with Crippen molar-refractivity contribution in [1.82, 2.24) is 10.6 Å². The van der Waals surface area contributed by atoms with Gasteiger partial charge in [-0.15, -0.1) is 24.0 Å². The molecule has 0 fully saturated rings. The molecule has 1 unspecified atom stereocenters. The third-order valence-corrected chi connectivity index (χ3v) is 2.90. The van der Waals surface area contributed by atoms with Gasteiger partial charge in [-0.1, -0.05) is 23.7 Å². The molecule has 0 aliphatic carbocycles. The molecule has 0 radical (unpaired) electrons. The number of nitrogens with zero attached hydrogens (tertiary/aromatic N) is 1. The lowest BCUT2D eigenvalue weighted by Crippen LogP contribution is -2.40. The van der Waals surface area contributed by atoms with Crippen LogP contribution in [0.25, 0.3) is 0 Å². The Morgan fingerprint density at radius 2 is 1.86 bits per heavy atom.